The molecule has 19 heavy (non-hydrogen) atoms. The van der Waals surface area contributed by atoms with Gasteiger partial charge in [0.2, 0.25) is 0 Å². The van der Waals surface area contributed by atoms with E-state index in [1.54, 1.807) is 13.1 Å². The van der Waals surface area contributed by atoms with Crippen molar-refractivity contribution in [2.75, 3.05) is 13.1 Å². The summed E-state index contributed by atoms with van der Waals surface area (Å²) < 4.78 is 4.82. The van der Waals surface area contributed by atoms with Crippen LogP contribution in [0.15, 0.2) is 27.6 Å². The van der Waals surface area contributed by atoms with Crippen molar-refractivity contribution in [2.24, 2.45) is 0 Å². The summed E-state index contributed by atoms with van der Waals surface area (Å²) in [5, 5.41) is 9.65. The van der Waals surface area contributed by atoms with Crippen LogP contribution in [0.3, 0.4) is 0 Å². The van der Waals surface area contributed by atoms with Gasteiger partial charge in [0, 0.05) is 31.4 Å². The Bertz CT molecular complexity index is 553. The number of ketones is 1. The van der Waals surface area contributed by atoms with E-state index >= 15 is 0 Å². The Morgan fingerprint density at radius 1 is 1.37 bits per heavy atom. The molecule has 1 aromatic rings. The summed E-state index contributed by atoms with van der Waals surface area (Å²) in [6, 6.07) is 1.27. The molecule has 1 aliphatic heterocycles. The molecule has 0 amide bonds. The molecule has 0 aromatic carbocycles. The average Bonchev–Trinajstić information content (AvgIpc) is 2.36. The van der Waals surface area contributed by atoms with Gasteiger partial charge in [-0.15, -0.1) is 0 Å². The van der Waals surface area contributed by atoms with E-state index in [4.69, 9.17) is 4.42 Å². The van der Waals surface area contributed by atoms with E-state index in [9.17, 15) is 14.7 Å². The number of hydrogen-bond acceptors (Lipinski definition) is 5. The van der Waals surface area contributed by atoms with Crippen LogP contribution in [0.25, 0.3) is 0 Å². The SMILES string of the molecule is Cc1cc(O)c(C(=O)/C=C/N2CCCCC2)c(=O)o1. The molecule has 5 nitrogen and oxygen atoms in total. The molecule has 0 unspecified atom stereocenters. The van der Waals surface area contributed by atoms with Gasteiger partial charge in [-0.25, -0.2) is 4.79 Å². The Morgan fingerprint density at radius 3 is 2.68 bits per heavy atom. The molecule has 0 bridgehead atoms. The van der Waals surface area contributed by atoms with Gasteiger partial charge in [0.25, 0.3) is 0 Å². The number of hydrogen-bond donors (Lipinski definition) is 1. The molecule has 1 N–H and O–H groups in total. The zero-order chi connectivity index (χ0) is 13.8. The number of nitrogens with zero attached hydrogens (tertiary/aromatic N) is 1. The molecule has 0 radical (unpaired) electrons. The molecule has 2 rings (SSSR count). The summed E-state index contributed by atoms with van der Waals surface area (Å²) in [5.41, 5.74) is -1.11. The minimum Gasteiger partial charge on any atom is -0.507 e. The zero-order valence-electron chi connectivity index (χ0n) is 10.9. The first kappa shape index (κ1) is 13.4. The summed E-state index contributed by atoms with van der Waals surface area (Å²) in [5.74, 6) is -0.585. The van der Waals surface area contributed by atoms with Crippen LogP contribution in [0, 0.1) is 6.92 Å². The van der Waals surface area contributed by atoms with Crippen molar-refractivity contribution < 1.29 is 14.3 Å². The molecule has 1 aliphatic rings. The number of allylic oxidation sites excluding steroid dienone is 1. The normalized spacial score (nSPS) is 15.9. The van der Waals surface area contributed by atoms with Crippen molar-refractivity contribution in [3.05, 3.63) is 40.1 Å². The van der Waals surface area contributed by atoms with Gasteiger partial charge in [0.1, 0.15) is 17.1 Å². The van der Waals surface area contributed by atoms with Crippen molar-refractivity contribution in [1.82, 2.24) is 4.90 Å². The van der Waals surface area contributed by atoms with Crippen molar-refractivity contribution >= 4 is 5.78 Å². The highest BCUT2D eigenvalue weighted by molar-refractivity contribution is 6.05. The van der Waals surface area contributed by atoms with Gasteiger partial charge in [-0.2, -0.15) is 0 Å². The van der Waals surface area contributed by atoms with Crippen LogP contribution in [-0.4, -0.2) is 28.9 Å². The Kier molecular flexibility index (Phi) is 4.04. The van der Waals surface area contributed by atoms with E-state index in [1.807, 2.05) is 4.90 Å². The van der Waals surface area contributed by atoms with Gasteiger partial charge < -0.3 is 14.4 Å². The number of carbonyl (C=O) groups is 1. The van der Waals surface area contributed by atoms with Crippen LogP contribution >= 0.6 is 0 Å². The Hall–Kier alpha value is -2.04. The predicted molar refractivity (Wildman–Crippen MR) is 70.3 cm³/mol. The zero-order valence-corrected chi connectivity index (χ0v) is 10.9. The molecule has 0 aliphatic carbocycles. The van der Waals surface area contributed by atoms with E-state index in [2.05, 4.69) is 0 Å². The van der Waals surface area contributed by atoms with Gasteiger partial charge in [-0.3, -0.25) is 4.79 Å². The smallest absolute Gasteiger partial charge is 0.351 e. The molecule has 1 fully saturated rings. The molecule has 5 heteroatoms. The second-order valence-corrected chi connectivity index (χ2v) is 4.68. The van der Waals surface area contributed by atoms with E-state index in [-0.39, 0.29) is 17.1 Å². The first-order valence-electron chi connectivity index (χ1n) is 6.38. The topological polar surface area (TPSA) is 70.8 Å². The van der Waals surface area contributed by atoms with Crippen LogP contribution in [0.1, 0.15) is 35.4 Å². The Labute approximate surface area is 111 Å². The number of likely N-dealkylation sites (tertiary alicyclic amines) is 1. The lowest BCUT2D eigenvalue weighted by Crippen LogP contribution is -2.24. The van der Waals surface area contributed by atoms with Crippen LogP contribution in [0.5, 0.6) is 5.75 Å². The van der Waals surface area contributed by atoms with Gasteiger partial charge in [-0.1, -0.05) is 0 Å². The molecule has 1 aromatic heterocycles. The van der Waals surface area contributed by atoms with E-state index < -0.39 is 11.4 Å². The number of aromatic hydroxyl groups is 1. The van der Waals surface area contributed by atoms with Crippen molar-refractivity contribution in [3.8, 4) is 5.75 Å². The van der Waals surface area contributed by atoms with E-state index in [0.717, 1.165) is 25.9 Å². The van der Waals surface area contributed by atoms with Crippen LogP contribution < -0.4 is 5.63 Å². The summed E-state index contributed by atoms with van der Waals surface area (Å²) >= 11 is 0. The van der Waals surface area contributed by atoms with Crippen molar-refractivity contribution in [3.63, 3.8) is 0 Å². The molecule has 1 saturated heterocycles. The maximum atomic E-state index is 11.9. The maximum Gasteiger partial charge on any atom is 0.351 e. The Balaban J connectivity index is 2.16. The van der Waals surface area contributed by atoms with Crippen LogP contribution in [0.2, 0.25) is 0 Å². The third kappa shape index (κ3) is 3.24. The van der Waals surface area contributed by atoms with Crippen LogP contribution in [0.4, 0.5) is 0 Å². The largest absolute Gasteiger partial charge is 0.507 e. The lowest BCUT2D eigenvalue weighted by atomic mass is 10.1. The summed E-state index contributed by atoms with van der Waals surface area (Å²) in [4.78, 5) is 25.5. The highest BCUT2D eigenvalue weighted by Crippen LogP contribution is 2.16. The standard InChI is InChI=1S/C14H17NO4/c1-10-9-12(17)13(14(18)19-10)11(16)5-8-15-6-3-2-4-7-15/h5,8-9,17H,2-4,6-7H2,1H3/b8-5+. The van der Waals surface area contributed by atoms with Gasteiger partial charge in [-0.05, 0) is 26.2 Å². The monoisotopic (exact) mass is 263 g/mol. The highest BCUT2D eigenvalue weighted by Gasteiger charge is 2.16. The number of aryl methyl sites for hydroxylation is 1. The molecule has 0 saturated carbocycles. The first-order chi connectivity index (χ1) is 9.08. The van der Waals surface area contributed by atoms with Crippen molar-refractivity contribution in [1.29, 1.82) is 0 Å². The third-order valence-electron chi connectivity index (χ3n) is 3.13. The molecule has 2 heterocycles. The minimum absolute atomic E-state index is 0.277. The fourth-order valence-corrected chi connectivity index (χ4v) is 2.15. The lowest BCUT2D eigenvalue weighted by Gasteiger charge is -2.24. The number of rotatable bonds is 3. The lowest BCUT2D eigenvalue weighted by molar-refractivity contribution is 0.103. The summed E-state index contributed by atoms with van der Waals surface area (Å²) in [7, 11) is 0. The summed E-state index contributed by atoms with van der Waals surface area (Å²) in [6.07, 6.45) is 6.42. The predicted octanol–water partition coefficient (Wildman–Crippen LogP) is 1.84. The van der Waals surface area contributed by atoms with Gasteiger partial charge in [0.15, 0.2) is 5.78 Å². The average molecular weight is 263 g/mol. The molecular formula is C14H17NO4. The number of piperidine rings is 1. The second kappa shape index (κ2) is 5.73. The highest BCUT2D eigenvalue weighted by atomic mass is 16.4. The second-order valence-electron chi connectivity index (χ2n) is 4.68. The number of carbonyl (C=O) groups excluding carboxylic acids is 1. The molecule has 0 spiro atoms. The minimum atomic E-state index is -0.800. The fraction of sp³-hybridized carbons (Fsp3) is 0.429. The maximum absolute atomic E-state index is 11.9. The van der Waals surface area contributed by atoms with Gasteiger partial charge in [0.05, 0.1) is 0 Å². The van der Waals surface area contributed by atoms with Gasteiger partial charge >= 0.3 is 5.63 Å². The third-order valence-corrected chi connectivity index (χ3v) is 3.13. The van der Waals surface area contributed by atoms with E-state index in [0.29, 0.717) is 0 Å². The quantitative estimate of drug-likeness (QED) is 0.665. The molecule has 102 valence electrons. The fourth-order valence-electron chi connectivity index (χ4n) is 2.15. The van der Waals surface area contributed by atoms with Crippen LogP contribution in [-0.2, 0) is 0 Å². The Morgan fingerprint density at radius 2 is 2.05 bits per heavy atom. The molecule has 0 atom stereocenters. The first-order valence-corrected chi connectivity index (χ1v) is 6.38. The van der Waals surface area contributed by atoms with Crippen molar-refractivity contribution in [2.45, 2.75) is 26.2 Å². The molecular weight excluding hydrogens is 246 g/mol. The van der Waals surface area contributed by atoms with E-state index in [1.165, 1.54) is 18.6 Å². The summed E-state index contributed by atoms with van der Waals surface area (Å²) in [6.45, 7) is 3.37.